The van der Waals surface area contributed by atoms with E-state index in [1.807, 2.05) is 24.4 Å². The summed E-state index contributed by atoms with van der Waals surface area (Å²) in [5.41, 5.74) is 1.82. The van der Waals surface area contributed by atoms with E-state index in [0.717, 1.165) is 10.4 Å². The smallest absolute Gasteiger partial charge is 0.265 e. The highest BCUT2D eigenvalue weighted by atomic mass is 32.1. The molecule has 1 N–H and O–H groups in total. The van der Waals surface area contributed by atoms with Crippen LogP contribution in [0.3, 0.4) is 0 Å². The number of rotatable bonds is 2. The van der Waals surface area contributed by atoms with Crippen LogP contribution in [-0.4, -0.2) is 10.9 Å². The number of aromatic nitrogens is 1. The molecule has 1 amide bonds. The average Bonchev–Trinajstić information content (AvgIpc) is 2.66. The van der Waals surface area contributed by atoms with Crippen LogP contribution in [0.2, 0.25) is 0 Å². The minimum atomic E-state index is -0.0823. The van der Waals surface area contributed by atoms with Gasteiger partial charge in [-0.2, -0.15) is 0 Å². The number of pyridine rings is 1. The van der Waals surface area contributed by atoms with Crippen molar-refractivity contribution in [3.8, 4) is 0 Å². The van der Waals surface area contributed by atoms with E-state index >= 15 is 0 Å². The van der Waals surface area contributed by atoms with Gasteiger partial charge in [0.05, 0.1) is 16.8 Å². The first kappa shape index (κ1) is 9.86. The van der Waals surface area contributed by atoms with Crippen LogP contribution in [0.1, 0.15) is 15.2 Å². The molecule has 15 heavy (non-hydrogen) atoms. The highest BCUT2D eigenvalue weighted by Crippen LogP contribution is 2.15. The molecular weight excluding hydrogens is 208 g/mol. The van der Waals surface area contributed by atoms with E-state index in [2.05, 4.69) is 10.3 Å². The summed E-state index contributed by atoms with van der Waals surface area (Å²) in [5.74, 6) is -0.0823. The highest BCUT2D eigenvalue weighted by molar-refractivity contribution is 7.12. The van der Waals surface area contributed by atoms with Gasteiger partial charge in [0, 0.05) is 6.20 Å². The number of nitrogens with zero attached hydrogens (tertiary/aromatic N) is 1. The van der Waals surface area contributed by atoms with Crippen molar-refractivity contribution < 1.29 is 4.79 Å². The van der Waals surface area contributed by atoms with Crippen LogP contribution in [0.25, 0.3) is 0 Å². The summed E-state index contributed by atoms with van der Waals surface area (Å²) < 4.78 is 0. The van der Waals surface area contributed by atoms with Gasteiger partial charge in [-0.15, -0.1) is 11.3 Å². The molecule has 3 nitrogen and oxygen atoms in total. The molecule has 76 valence electrons. The Kier molecular flexibility index (Phi) is 2.78. The third-order valence-electron chi connectivity index (χ3n) is 1.87. The van der Waals surface area contributed by atoms with E-state index in [1.54, 1.807) is 18.5 Å². The molecule has 2 aromatic rings. The van der Waals surface area contributed by atoms with Crippen molar-refractivity contribution in [2.24, 2.45) is 0 Å². The van der Waals surface area contributed by atoms with Crippen LogP contribution < -0.4 is 5.32 Å². The Bertz CT molecular complexity index is 464. The molecule has 0 aliphatic carbocycles. The van der Waals surface area contributed by atoms with Crippen LogP contribution in [0, 0.1) is 6.92 Å². The average molecular weight is 218 g/mol. The monoisotopic (exact) mass is 218 g/mol. The molecule has 0 bridgehead atoms. The van der Waals surface area contributed by atoms with Gasteiger partial charge in [-0.05, 0) is 36.1 Å². The number of amides is 1. The van der Waals surface area contributed by atoms with Crippen molar-refractivity contribution in [2.45, 2.75) is 6.92 Å². The second-order valence-electron chi connectivity index (χ2n) is 3.18. The Balaban J connectivity index is 2.11. The normalized spacial score (nSPS) is 9.93. The first-order valence-electron chi connectivity index (χ1n) is 4.52. The maximum Gasteiger partial charge on any atom is 0.265 e. The predicted octanol–water partition coefficient (Wildman–Crippen LogP) is 2.70. The first-order valence-corrected chi connectivity index (χ1v) is 5.40. The molecule has 0 atom stereocenters. The summed E-state index contributed by atoms with van der Waals surface area (Å²) in [6.07, 6.45) is 3.29. The molecule has 4 heteroatoms. The van der Waals surface area contributed by atoms with Crippen LogP contribution in [0.15, 0.2) is 36.0 Å². The molecule has 2 rings (SSSR count). The molecule has 0 aliphatic rings. The lowest BCUT2D eigenvalue weighted by Gasteiger charge is -2.01. The van der Waals surface area contributed by atoms with E-state index < -0.39 is 0 Å². The Morgan fingerprint density at radius 2 is 2.40 bits per heavy atom. The van der Waals surface area contributed by atoms with Crippen molar-refractivity contribution >= 4 is 22.9 Å². The zero-order valence-electron chi connectivity index (χ0n) is 8.23. The molecule has 0 aromatic carbocycles. The zero-order chi connectivity index (χ0) is 10.7. The van der Waals surface area contributed by atoms with E-state index in [1.165, 1.54) is 11.3 Å². The van der Waals surface area contributed by atoms with Gasteiger partial charge in [-0.3, -0.25) is 9.78 Å². The minimum absolute atomic E-state index is 0.0823. The molecule has 0 aliphatic heterocycles. The highest BCUT2D eigenvalue weighted by Gasteiger charge is 2.07. The van der Waals surface area contributed by atoms with Gasteiger partial charge in [-0.1, -0.05) is 0 Å². The quantitative estimate of drug-likeness (QED) is 0.842. The SMILES string of the molecule is Cc1csc(C(=O)Nc2cccnc2)c1. The van der Waals surface area contributed by atoms with Crippen LogP contribution in [0.5, 0.6) is 0 Å². The molecule has 0 unspecified atom stereocenters. The zero-order valence-corrected chi connectivity index (χ0v) is 9.04. The second kappa shape index (κ2) is 4.23. The third-order valence-corrected chi connectivity index (χ3v) is 2.92. The van der Waals surface area contributed by atoms with Crippen LogP contribution >= 0.6 is 11.3 Å². The lowest BCUT2D eigenvalue weighted by Crippen LogP contribution is -2.09. The lowest BCUT2D eigenvalue weighted by atomic mass is 10.3. The maximum atomic E-state index is 11.7. The molecule has 2 aromatic heterocycles. The lowest BCUT2D eigenvalue weighted by molar-refractivity contribution is 0.103. The maximum absolute atomic E-state index is 11.7. The summed E-state index contributed by atoms with van der Waals surface area (Å²) in [6, 6.07) is 5.47. The number of hydrogen-bond donors (Lipinski definition) is 1. The number of carbonyl (C=O) groups is 1. The standard InChI is InChI=1S/C11H10N2OS/c1-8-5-10(15-7-8)11(14)13-9-3-2-4-12-6-9/h2-7H,1H3,(H,13,14). The van der Waals surface area contributed by atoms with Gasteiger partial charge < -0.3 is 5.32 Å². The second-order valence-corrected chi connectivity index (χ2v) is 4.10. The van der Waals surface area contributed by atoms with Crippen molar-refractivity contribution in [3.05, 3.63) is 46.4 Å². The molecule has 0 fully saturated rings. The number of carbonyl (C=O) groups excluding carboxylic acids is 1. The molecule has 0 spiro atoms. The number of aryl methyl sites for hydroxylation is 1. The Hall–Kier alpha value is -1.68. The molecule has 0 saturated heterocycles. The number of nitrogens with one attached hydrogen (secondary N) is 1. The summed E-state index contributed by atoms with van der Waals surface area (Å²) in [5, 5.41) is 4.74. The van der Waals surface area contributed by atoms with Gasteiger partial charge in [0.25, 0.3) is 5.91 Å². The van der Waals surface area contributed by atoms with Gasteiger partial charge in [-0.25, -0.2) is 0 Å². The van der Waals surface area contributed by atoms with Gasteiger partial charge >= 0.3 is 0 Å². The van der Waals surface area contributed by atoms with Gasteiger partial charge in [0.15, 0.2) is 0 Å². The summed E-state index contributed by atoms with van der Waals surface area (Å²) >= 11 is 1.44. The Morgan fingerprint density at radius 1 is 1.53 bits per heavy atom. The largest absolute Gasteiger partial charge is 0.320 e. The van der Waals surface area contributed by atoms with E-state index in [4.69, 9.17) is 0 Å². The van der Waals surface area contributed by atoms with E-state index in [0.29, 0.717) is 5.69 Å². The van der Waals surface area contributed by atoms with E-state index in [-0.39, 0.29) is 5.91 Å². The van der Waals surface area contributed by atoms with Crippen LogP contribution in [0.4, 0.5) is 5.69 Å². The molecule has 2 heterocycles. The fourth-order valence-corrected chi connectivity index (χ4v) is 1.97. The minimum Gasteiger partial charge on any atom is -0.320 e. The topological polar surface area (TPSA) is 42.0 Å². The summed E-state index contributed by atoms with van der Waals surface area (Å²) in [4.78, 5) is 16.3. The third kappa shape index (κ3) is 2.41. The van der Waals surface area contributed by atoms with Crippen molar-refractivity contribution in [1.82, 2.24) is 4.98 Å². The number of thiophene rings is 1. The fraction of sp³-hybridized carbons (Fsp3) is 0.0909. The predicted molar refractivity (Wildman–Crippen MR) is 61.2 cm³/mol. The van der Waals surface area contributed by atoms with Crippen molar-refractivity contribution in [2.75, 3.05) is 5.32 Å². The first-order chi connectivity index (χ1) is 7.25. The Labute approximate surface area is 91.8 Å². The number of hydrogen-bond acceptors (Lipinski definition) is 3. The fourth-order valence-electron chi connectivity index (χ4n) is 1.18. The van der Waals surface area contributed by atoms with Crippen molar-refractivity contribution in [1.29, 1.82) is 0 Å². The van der Waals surface area contributed by atoms with Gasteiger partial charge in [0.1, 0.15) is 0 Å². The van der Waals surface area contributed by atoms with Gasteiger partial charge in [0.2, 0.25) is 0 Å². The molecule has 0 saturated carbocycles. The Morgan fingerprint density at radius 3 is 3.00 bits per heavy atom. The summed E-state index contributed by atoms with van der Waals surface area (Å²) in [6.45, 7) is 1.97. The molecular formula is C11H10N2OS. The summed E-state index contributed by atoms with van der Waals surface area (Å²) in [7, 11) is 0. The number of anilines is 1. The van der Waals surface area contributed by atoms with E-state index in [9.17, 15) is 4.79 Å². The molecule has 0 radical (unpaired) electrons. The van der Waals surface area contributed by atoms with Crippen LogP contribution in [-0.2, 0) is 0 Å². The van der Waals surface area contributed by atoms with Crippen molar-refractivity contribution in [3.63, 3.8) is 0 Å².